The molecular formula is C21H28N4O. The number of amides is 1. The second-order valence-electron chi connectivity index (χ2n) is 7.75. The third-order valence-electron chi connectivity index (χ3n) is 5.80. The molecule has 2 aromatic rings. The fourth-order valence-electron chi connectivity index (χ4n) is 4.29. The van der Waals surface area contributed by atoms with E-state index < -0.39 is 0 Å². The van der Waals surface area contributed by atoms with Crippen molar-refractivity contribution in [1.29, 1.82) is 0 Å². The van der Waals surface area contributed by atoms with Crippen molar-refractivity contribution < 1.29 is 4.79 Å². The van der Waals surface area contributed by atoms with Gasteiger partial charge in [0.1, 0.15) is 0 Å². The summed E-state index contributed by atoms with van der Waals surface area (Å²) in [6.45, 7) is 6.76. The molecule has 2 saturated heterocycles. The van der Waals surface area contributed by atoms with Crippen molar-refractivity contribution in [3.8, 4) is 0 Å². The zero-order valence-corrected chi connectivity index (χ0v) is 15.5. The van der Waals surface area contributed by atoms with E-state index in [1.807, 2.05) is 27.9 Å². The van der Waals surface area contributed by atoms with Crippen LogP contribution < -0.4 is 5.32 Å². The predicted molar refractivity (Wildman–Crippen MR) is 102 cm³/mol. The van der Waals surface area contributed by atoms with Gasteiger partial charge in [0.2, 0.25) is 0 Å². The van der Waals surface area contributed by atoms with Gasteiger partial charge in [-0.15, -0.1) is 0 Å². The predicted octanol–water partition coefficient (Wildman–Crippen LogP) is 2.82. The number of carbonyl (C=O) groups is 1. The number of likely N-dealkylation sites (tertiary alicyclic amines) is 1. The molecular weight excluding hydrogens is 324 g/mol. The molecule has 3 heterocycles. The van der Waals surface area contributed by atoms with Gasteiger partial charge in [0.05, 0.1) is 6.20 Å². The number of aromatic nitrogens is 2. The van der Waals surface area contributed by atoms with Gasteiger partial charge in [-0.05, 0) is 61.8 Å². The first-order valence-corrected chi connectivity index (χ1v) is 9.78. The summed E-state index contributed by atoms with van der Waals surface area (Å²) in [4.78, 5) is 15.2. The van der Waals surface area contributed by atoms with E-state index in [1.54, 1.807) is 0 Å². The number of hydrogen-bond acceptors (Lipinski definition) is 3. The molecule has 1 unspecified atom stereocenters. The molecule has 1 N–H and O–H groups in total. The maximum atomic E-state index is 13.1. The minimum absolute atomic E-state index is 0.209. The number of nitrogens with one attached hydrogen (secondary N) is 1. The topological polar surface area (TPSA) is 50.2 Å². The lowest BCUT2D eigenvalue weighted by Gasteiger charge is -2.32. The zero-order chi connectivity index (χ0) is 17.9. The Morgan fingerprint density at radius 2 is 2.04 bits per heavy atom. The largest absolute Gasteiger partial charge is 0.339 e. The standard InChI is InChI=1S/C21H28N4O/c1-16-12-23-25(14-16)15-17-7-10-24(11-8-17)21(26)20-5-3-2-4-19(20)18-6-9-22-13-18/h2-5,12,14,17-18,22H,6-11,13,15H2,1H3. The minimum atomic E-state index is 0.209. The summed E-state index contributed by atoms with van der Waals surface area (Å²) in [7, 11) is 0. The normalized spacial score (nSPS) is 21.3. The van der Waals surface area contributed by atoms with Crippen molar-refractivity contribution in [2.75, 3.05) is 26.2 Å². The van der Waals surface area contributed by atoms with E-state index in [0.717, 1.165) is 57.5 Å². The maximum Gasteiger partial charge on any atom is 0.254 e. The van der Waals surface area contributed by atoms with Crippen molar-refractivity contribution in [3.63, 3.8) is 0 Å². The smallest absolute Gasteiger partial charge is 0.254 e. The van der Waals surface area contributed by atoms with Gasteiger partial charge in [-0.2, -0.15) is 5.10 Å². The molecule has 26 heavy (non-hydrogen) atoms. The molecule has 2 aliphatic rings. The van der Waals surface area contributed by atoms with Crippen LogP contribution in [0.2, 0.25) is 0 Å². The summed E-state index contributed by atoms with van der Waals surface area (Å²) in [6, 6.07) is 8.20. The van der Waals surface area contributed by atoms with Crippen molar-refractivity contribution in [3.05, 3.63) is 53.3 Å². The van der Waals surface area contributed by atoms with Crippen molar-refractivity contribution in [1.82, 2.24) is 20.0 Å². The minimum Gasteiger partial charge on any atom is -0.339 e. The van der Waals surface area contributed by atoms with Crippen LogP contribution in [0.4, 0.5) is 0 Å². The van der Waals surface area contributed by atoms with Crippen LogP contribution in [0.1, 0.15) is 46.7 Å². The molecule has 0 aliphatic carbocycles. The first kappa shape index (κ1) is 17.3. The van der Waals surface area contributed by atoms with Crippen molar-refractivity contribution >= 4 is 5.91 Å². The fraction of sp³-hybridized carbons (Fsp3) is 0.524. The number of benzene rings is 1. The number of nitrogens with zero attached hydrogens (tertiary/aromatic N) is 3. The Morgan fingerprint density at radius 3 is 2.73 bits per heavy atom. The van der Waals surface area contributed by atoms with E-state index in [4.69, 9.17) is 0 Å². The number of carbonyl (C=O) groups excluding carboxylic acids is 1. The van der Waals surface area contributed by atoms with E-state index in [-0.39, 0.29) is 5.91 Å². The second-order valence-corrected chi connectivity index (χ2v) is 7.75. The maximum absolute atomic E-state index is 13.1. The van der Waals surface area contributed by atoms with E-state index in [9.17, 15) is 4.79 Å². The summed E-state index contributed by atoms with van der Waals surface area (Å²) >= 11 is 0. The van der Waals surface area contributed by atoms with Crippen LogP contribution in [-0.2, 0) is 6.54 Å². The monoisotopic (exact) mass is 352 g/mol. The van der Waals surface area contributed by atoms with Gasteiger partial charge in [-0.1, -0.05) is 18.2 Å². The molecule has 0 spiro atoms. The third kappa shape index (κ3) is 3.68. The summed E-state index contributed by atoms with van der Waals surface area (Å²) < 4.78 is 2.04. The number of piperidine rings is 1. The summed E-state index contributed by atoms with van der Waals surface area (Å²) in [6.07, 6.45) is 7.24. The van der Waals surface area contributed by atoms with Crippen LogP contribution in [0.5, 0.6) is 0 Å². The molecule has 1 aromatic heterocycles. The van der Waals surface area contributed by atoms with Gasteiger partial charge in [0.25, 0.3) is 5.91 Å². The van der Waals surface area contributed by atoms with Gasteiger partial charge in [0, 0.05) is 37.9 Å². The Hall–Kier alpha value is -2.14. The van der Waals surface area contributed by atoms with Crippen molar-refractivity contribution in [2.45, 2.75) is 38.6 Å². The Bertz CT molecular complexity index is 755. The molecule has 0 radical (unpaired) electrons. The van der Waals surface area contributed by atoms with E-state index in [1.165, 1.54) is 11.1 Å². The van der Waals surface area contributed by atoms with Crippen LogP contribution in [0.15, 0.2) is 36.7 Å². The van der Waals surface area contributed by atoms with E-state index >= 15 is 0 Å². The number of aryl methyl sites for hydroxylation is 1. The molecule has 1 aromatic carbocycles. The molecule has 1 atom stereocenters. The molecule has 5 heteroatoms. The van der Waals surface area contributed by atoms with Crippen LogP contribution in [-0.4, -0.2) is 46.8 Å². The quantitative estimate of drug-likeness (QED) is 0.920. The van der Waals surface area contributed by atoms with Crippen LogP contribution in [0.25, 0.3) is 0 Å². The lowest BCUT2D eigenvalue weighted by atomic mass is 9.91. The lowest BCUT2D eigenvalue weighted by molar-refractivity contribution is 0.0679. The first-order chi connectivity index (χ1) is 12.7. The average molecular weight is 352 g/mol. The van der Waals surface area contributed by atoms with Gasteiger partial charge >= 0.3 is 0 Å². The highest BCUT2D eigenvalue weighted by Gasteiger charge is 2.27. The Kier molecular flexibility index (Phi) is 5.07. The highest BCUT2D eigenvalue weighted by atomic mass is 16.2. The molecule has 0 saturated carbocycles. The van der Waals surface area contributed by atoms with E-state index in [2.05, 4.69) is 35.7 Å². The van der Waals surface area contributed by atoms with Crippen molar-refractivity contribution in [2.24, 2.45) is 5.92 Å². The highest BCUT2D eigenvalue weighted by molar-refractivity contribution is 5.96. The van der Waals surface area contributed by atoms with Crippen LogP contribution in [0.3, 0.4) is 0 Å². The van der Waals surface area contributed by atoms with Gasteiger partial charge < -0.3 is 10.2 Å². The molecule has 5 nitrogen and oxygen atoms in total. The Balaban J connectivity index is 1.39. The average Bonchev–Trinajstić information content (AvgIpc) is 3.34. The first-order valence-electron chi connectivity index (χ1n) is 9.78. The summed E-state index contributed by atoms with van der Waals surface area (Å²) in [5.74, 6) is 1.28. The second kappa shape index (κ2) is 7.62. The van der Waals surface area contributed by atoms with Gasteiger partial charge in [-0.25, -0.2) is 0 Å². The third-order valence-corrected chi connectivity index (χ3v) is 5.80. The van der Waals surface area contributed by atoms with Crippen LogP contribution >= 0.6 is 0 Å². The number of rotatable bonds is 4. The van der Waals surface area contributed by atoms with Gasteiger partial charge in [0.15, 0.2) is 0 Å². The van der Waals surface area contributed by atoms with E-state index in [0.29, 0.717) is 11.8 Å². The molecule has 0 bridgehead atoms. The Labute approximate surface area is 155 Å². The Morgan fingerprint density at radius 1 is 1.23 bits per heavy atom. The highest BCUT2D eigenvalue weighted by Crippen LogP contribution is 2.28. The lowest BCUT2D eigenvalue weighted by Crippen LogP contribution is -2.39. The molecule has 2 aliphatic heterocycles. The van der Waals surface area contributed by atoms with Gasteiger partial charge in [-0.3, -0.25) is 9.48 Å². The molecule has 2 fully saturated rings. The summed E-state index contributed by atoms with van der Waals surface area (Å²) in [5.41, 5.74) is 3.33. The fourth-order valence-corrected chi connectivity index (χ4v) is 4.29. The zero-order valence-electron chi connectivity index (χ0n) is 15.5. The SMILES string of the molecule is Cc1cnn(CC2CCN(C(=O)c3ccccc3C3CCNC3)CC2)c1. The summed E-state index contributed by atoms with van der Waals surface area (Å²) in [5, 5.41) is 7.81. The molecule has 4 rings (SSSR count). The molecule has 138 valence electrons. The van der Waals surface area contributed by atoms with Crippen LogP contribution in [0, 0.1) is 12.8 Å². The molecule has 1 amide bonds. The number of hydrogen-bond donors (Lipinski definition) is 1.